The molecule has 0 fully saturated rings. The highest BCUT2D eigenvalue weighted by molar-refractivity contribution is 7.89. The Balaban J connectivity index is 1.98. The van der Waals surface area contributed by atoms with Gasteiger partial charge in [0.05, 0.1) is 11.4 Å². The minimum Gasteiger partial charge on any atom is -0.334 e. The van der Waals surface area contributed by atoms with Crippen LogP contribution in [-0.2, 0) is 23.1 Å². The van der Waals surface area contributed by atoms with Crippen molar-refractivity contribution in [3.05, 3.63) is 48.0 Å². The van der Waals surface area contributed by atoms with E-state index in [1.807, 2.05) is 0 Å². The summed E-state index contributed by atoms with van der Waals surface area (Å²) < 4.78 is 52.1. The largest absolute Gasteiger partial charge is 0.334 e. The van der Waals surface area contributed by atoms with Gasteiger partial charge in [0.2, 0.25) is 10.0 Å². The number of imidazole rings is 1. The second-order valence-corrected chi connectivity index (χ2v) is 7.28. The molecule has 2 amide bonds. The number of sulfonamides is 1. The summed E-state index contributed by atoms with van der Waals surface area (Å²) in [5, 5.41) is 2.60. The summed E-state index contributed by atoms with van der Waals surface area (Å²) in [6.07, 6.45) is 2.38. The van der Waals surface area contributed by atoms with E-state index in [0.717, 1.165) is 6.20 Å². The number of urea groups is 1. The molecule has 11 heteroatoms. The minimum atomic E-state index is -3.58. The maximum absolute atomic E-state index is 12.8. The first-order chi connectivity index (χ1) is 12.2. The van der Waals surface area contributed by atoms with E-state index >= 15 is 0 Å². The average molecular weight is 387 g/mol. The molecule has 0 radical (unpaired) electrons. The highest BCUT2D eigenvalue weighted by atomic mass is 32.2. The summed E-state index contributed by atoms with van der Waals surface area (Å²) in [7, 11) is -0.824. The van der Waals surface area contributed by atoms with Crippen LogP contribution in [0, 0.1) is 0 Å². The van der Waals surface area contributed by atoms with Crippen LogP contribution in [0.2, 0.25) is 0 Å². The van der Waals surface area contributed by atoms with E-state index in [1.54, 1.807) is 12.1 Å². The summed E-state index contributed by atoms with van der Waals surface area (Å²) >= 11 is 0. The van der Waals surface area contributed by atoms with Crippen molar-refractivity contribution in [1.29, 1.82) is 0 Å². The van der Waals surface area contributed by atoms with E-state index in [-0.39, 0.29) is 23.8 Å². The lowest BCUT2D eigenvalue weighted by molar-refractivity contribution is 0.0651. The molecule has 0 saturated heterocycles. The number of aromatic nitrogens is 2. The molecule has 0 aliphatic rings. The molecule has 0 unspecified atom stereocenters. The Kier molecular flexibility index (Phi) is 6.27. The van der Waals surface area contributed by atoms with Crippen LogP contribution >= 0.6 is 0 Å². The summed E-state index contributed by atoms with van der Waals surface area (Å²) in [5.41, 5.74) is 0.581. The predicted molar refractivity (Wildman–Crippen MR) is 89.9 cm³/mol. The highest BCUT2D eigenvalue weighted by Gasteiger charge is 2.16. The monoisotopic (exact) mass is 387 g/mol. The van der Waals surface area contributed by atoms with Crippen LogP contribution < -0.4 is 10.0 Å². The third-order valence-electron chi connectivity index (χ3n) is 3.61. The average Bonchev–Trinajstić information content (AvgIpc) is 3.08. The van der Waals surface area contributed by atoms with Crippen LogP contribution in [0.5, 0.6) is 0 Å². The number of amides is 2. The normalized spacial score (nSPS) is 11.6. The van der Waals surface area contributed by atoms with Crippen molar-refractivity contribution in [3.8, 4) is 0 Å². The Morgan fingerprint density at radius 3 is 2.77 bits per heavy atom. The van der Waals surface area contributed by atoms with Gasteiger partial charge in [0, 0.05) is 26.0 Å². The van der Waals surface area contributed by atoms with Gasteiger partial charge >= 0.3 is 12.6 Å². The van der Waals surface area contributed by atoms with Gasteiger partial charge in [-0.05, 0) is 24.7 Å². The van der Waals surface area contributed by atoms with Crippen LogP contribution in [0.4, 0.5) is 13.6 Å². The Hall–Kier alpha value is -2.53. The van der Waals surface area contributed by atoms with Crippen LogP contribution in [0.15, 0.2) is 41.6 Å². The fourth-order valence-corrected chi connectivity index (χ4v) is 2.98. The Labute approximate surface area is 149 Å². The number of halogens is 2. The summed E-state index contributed by atoms with van der Waals surface area (Å²) in [5.74, 6) is 0.0553. The van der Waals surface area contributed by atoms with Gasteiger partial charge in [-0.1, -0.05) is 12.1 Å². The van der Waals surface area contributed by atoms with Crippen molar-refractivity contribution in [2.24, 2.45) is 0 Å². The Bertz CT molecular complexity index is 870. The molecule has 0 bridgehead atoms. The van der Waals surface area contributed by atoms with E-state index in [2.05, 4.69) is 15.0 Å². The molecule has 1 aromatic carbocycles. The lowest BCUT2D eigenvalue weighted by Crippen LogP contribution is -2.37. The minimum absolute atomic E-state index is 0.0553. The summed E-state index contributed by atoms with van der Waals surface area (Å²) in [6.45, 7) is -2.75. The fourth-order valence-electron chi connectivity index (χ4n) is 2.18. The molecule has 26 heavy (non-hydrogen) atoms. The van der Waals surface area contributed by atoms with E-state index < -0.39 is 22.6 Å². The van der Waals surface area contributed by atoms with Gasteiger partial charge in [0.15, 0.2) is 0 Å². The zero-order chi connectivity index (χ0) is 19.3. The van der Waals surface area contributed by atoms with E-state index in [0.29, 0.717) is 10.1 Å². The molecule has 0 spiro atoms. The second kappa shape index (κ2) is 8.23. The maximum Gasteiger partial charge on any atom is 0.319 e. The van der Waals surface area contributed by atoms with E-state index in [1.165, 1.54) is 37.3 Å². The van der Waals surface area contributed by atoms with Gasteiger partial charge in [-0.25, -0.2) is 22.9 Å². The van der Waals surface area contributed by atoms with Crippen molar-refractivity contribution in [2.45, 2.75) is 24.5 Å². The van der Waals surface area contributed by atoms with Gasteiger partial charge in [-0.2, -0.15) is 8.78 Å². The number of carbonyl (C=O) groups is 1. The van der Waals surface area contributed by atoms with Crippen LogP contribution in [-0.4, -0.2) is 43.0 Å². The van der Waals surface area contributed by atoms with Gasteiger partial charge in [-0.3, -0.25) is 4.57 Å². The molecule has 0 saturated carbocycles. The first-order valence-corrected chi connectivity index (χ1v) is 9.04. The predicted octanol–water partition coefficient (Wildman–Crippen LogP) is 1.53. The number of rotatable bonds is 7. The standard InChI is InChI=1S/C15H19F2N5O3S/c1-18-26(24,25)12-5-3-4-11(8-12)9-20-15(23)21(2)10-13-19-6-7-22(13)14(16)17/h3-8,14,18H,9-10H2,1-2H3,(H,20,23). The molecule has 2 aromatic rings. The van der Waals surface area contributed by atoms with Crippen molar-refractivity contribution < 1.29 is 22.0 Å². The zero-order valence-corrected chi connectivity index (χ0v) is 15.0. The number of carbonyl (C=O) groups excluding carboxylic acids is 1. The second-order valence-electron chi connectivity index (χ2n) is 5.40. The first-order valence-electron chi connectivity index (χ1n) is 7.56. The molecule has 1 heterocycles. The molecular formula is C15H19F2N5O3S. The molecule has 142 valence electrons. The molecule has 0 aliphatic heterocycles. The molecule has 2 rings (SSSR count). The van der Waals surface area contributed by atoms with Gasteiger partial charge in [0.1, 0.15) is 5.82 Å². The number of nitrogens with zero attached hydrogens (tertiary/aromatic N) is 3. The number of alkyl halides is 2. The Morgan fingerprint density at radius 1 is 1.38 bits per heavy atom. The zero-order valence-electron chi connectivity index (χ0n) is 14.2. The summed E-state index contributed by atoms with van der Waals surface area (Å²) in [6, 6.07) is 5.60. The Morgan fingerprint density at radius 2 is 2.12 bits per heavy atom. The number of benzene rings is 1. The first kappa shape index (κ1) is 19.8. The van der Waals surface area contributed by atoms with Crippen molar-refractivity contribution in [2.75, 3.05) is 14.1 Å². The maximum atomic E-state index is 12.8. The van der Waals surface area contributed by atoms with Gasteiger partial charge in [0.25, 0.3) is 0 Å². The lowest BCUT2D eigenvalue weighted by Gasteiger charge is -2.18. The summed E-state index contributed by atoms with van der Waals surface area (Å²) in [4.78, 5) is 17.2. The van der Waals surface area contributed by atoms with E-state index in [4.69, 9.17) is 0 Å². The smallest absolute Gasteiger partial charge is 0.319 e. The molecule has 1 aromatic heterocycles. The lowest BCUT2D eigenvalue weighted by atomic mass is 10.2. The molecule has 8 nitrogen and oxygen atoms in total. The number of hydrogen-bond acceptors (Lipinski definition) is 4. The topological polar surface area (TPSA) is 96.3 Å². The molecule has 2 N–H and O–H groups in total. The van der Waals surface area contributed by atoms with E-state index in [9.17, 15) is 22.0 Å². The molecular weight excluding hydrogens is 368 g/mol. The number of hydrogen-bond donors (Lipinski definition) is 2. The number of nitrogens with one attached hydrogen (secondary N) is 2. The van der Waals surface area contributed by atoms with Crippen LogP contribution in [0.1, 0.15) is 17.9 Å². The molecule has 0 aliphatic carbocycles. The third-order valence-corrected chi connectivity index (χ3v) is 5.02. The SMILES string of the molecule is CNS(=O)(=O)c1cccc(CNC(=O)N(C)Cc2nccn2C(F)F)c1. The third kappa shape index (κ3) is 4.76. The van der Waals surface area contributed by atoms with Crippen LogP contribution in [0.3, 0.4) is 0 Å². The van der Waals surface area contributed by atoms with Crippen LogP contribution in [0.25, 0.3) is 0 Å². The quantitative estimate of drug-likeness (QED) is 0.753. The highest BCUT2D eigenvalue weighted by Crippen LogP contribution is 2.14. The fraction of sp³-hybridized carbons (Fsp3) is 0.333. The van der Waals surface area contributed by atoms with Crippen molar-refractivity contribution in [1.82, 2.24) is 24.5 Å². The van der Waals surface area contributed by atoms with Gasteiger partial charge < -0.3 is 10.2 Å². The van der Waals surface area contributed by atoms with Crippen molar-refractivity contribution in [3.63, 3.8) is 0 Å². The molecule has 0 atom stereocenters. The van der Waals surface area contributed by atoms with Gasteiger partial charge in [-0.15, -0.1) is 0 Å². The van der Waals surface area contributed by atoms with Crippen molar-refractivity contribution >= 4 is 16.1 Å².